The Morgan fingerprint density at radius 2 is 1.88 bits per heavy atom. The third-order valence-corrected chi connectivity index (χ3v) is 4.07. The van der Waals surface area contributed by atoms with Gasteiger partial charge in [0.1, 0.15) is 0 Å². The molecule has 0 saturated heterocycles. The summed E-state index contributed by atoms with van der Waals surface area (Å²) < 4.78 is 56.2. The van der Waals surface area contributed by atoms with Crippen LogP contribution in [0, 0.1) is 6.92 Å². The van der Waals surface area contributed by atoms with E-state index in [0.29, 0.717) is 0 Å². The normalized spacial score (nSPS) is 12.6. The maximum atomic E-state index is 11.7. The molecule has 1 N–H and O–H groups in total. The van der Waals surface area contributed by atoms with Gasteiger partial charge in [-0.05, 0) is 24.6 Å². The third-order valence-electron chi connectivity index (χ3n) is 1.93. The van der Waals surface area contributed by atoms with Gasteiger partial charge in [-0.15, -0.1) is 0 Å². The quantitative estimate of drug-likeness (QED) is 0.793. The zero-order chi connectivity index (χ0) is 13.1. The number of aryl methyl sites for hydroxylation is 1. The molecule has 0 saturated carbocycles. The molecule has 0 unspecified atom stereocenters. The van der Waals surface area contributed by atoms with Crippen molar-refractivity contribution in [2.45, 2.75) is 11.8 Å². The third kappa shape index (κ3) is 4.82. The summed E-state index contributed by atoms with van der Waals surface area (Å²) in [6.07, 6.45) is 0. The molecular formula is C9H12O6S2. The van der Waals surface area contributed by atoms with Gasteiger partial charge < -0.3 is 0 Å². The summed E-state index contributed by atoms with van der Waals surface area (Å²) in [5.74, 6) is -0.518. The first kappa shape index (κ1) is 14.1. The molecule has 0 heterocycles. The van der Waals surface area contributed by atoms with Crippen LogP contribution in [-0.4, -0.2) is 33.7 Å². The predicted octanol–water partition coefficient (Wildman–Crippen LogP) is 0.588. The van der Waals surface area contributed by atoms with Crippen molar-refractivity contribution in [3.8, 4) is 0 Å². The monoisotopic (exact) mass is 280 g/mol. The van der Waals surface area contributed by atoms with Crippen molar-refractivity contribution in [2.24, 2.45) is 0 Å². The minimum atomic E-state index is -4.60. The van der Waals surface area contributed by atoms with Crippen LogP contribution in [0.2, 0.25) is 0 Å². The van der Waals surface area contributed by atoms with Crippen molar-refractivity contribution >= 4 is 20.2 Å². The van der Waals surface area contributed by atoms with Crippen molar-refractivity contribution in [3.63, 3.8) is 0 Å². The molecule has 1 aromatic rings. The molecule has 0 amide bonds. The van der Waals surface area contributed by atoms with Crippen LogP contribution in [0.1, 0.15) is 5.56 Å². The van der Waals surface area contributed by atoms with Gasteiger partial charge in [0.2, 0.25) is 0 Å². The Bertz CT molecular complexity index is 588. The first-order chi connectivity index (χ1) is 7.71. The molecule has 0 atom stereocenters. The number of hydrogen-bond acceptors (Lipinski definition) is 5. The molecule has 0 aliphatic rings. The summed E-state index contributed by atoms with van der Waals surface area (Å²) in [6, 6.07) is 6.22. The fraction of sp³-hybridized carbons (Fsp3) is 0.333. The Balaban J connectivity index is 2.77. The summed E-state index contributed by atoms with van der Waals surface area (Å²) >= 11 is 0. The van der Waals surface area contributed by atoms with Gasteiger partial charge in [0.25, 0.3) is 0 Å². The standard InChI is InChI=1S/C9H12O6S2/c1-8-3-2-4-9(7-8)16(10,11)6-5-15-17(12,13)14/h2-4,7H,5-6H2,1H3,(H,12,13,14). The molecule has 1 aromatic carbocycles. The lowest BCUT2D eigenvalue weighted by Gasteiger charge is -2.04. The minimum Gasteiger partial charge on any atom is -0.264 e. The Hall–Kier alpha value is -0.960. The lowest BCUT2D eigenvalue weighted by molar-refractivity contribution is 0.284. The zero-order valence-corrected chi connectivity index (χ0v) is 10.7. The van der Waals surface area contributed by atoms with Crippen LogP contribution in [0.4, 0.5) is 0 Å². The molecule has 0 aliphatic carbocycles. The SMILES string of the molecule is Cc1cccc(S(=O)(=O)CCOS(=O)(=O)O)c1. The highest BCUT2D eigenvalue weighted by Gasteiger charge is 2.16. The average Bonchev–Trinajstić information content (AvgIpc) is 2.15. The molecule has 0 aliphatic heterocycles. The second-order valence-corrected chi connectivity index (χ2v) is 6.59. The van der Waals surface area contributed by atoms with E-state index in [1.807, 2.05) is 0 Å². The second kappa shape index (κ2) is 5.13. The van der Waals surface area contributed by atoms with Crippen LogP contribution >= 0.6 is 0 Å². The smallest absolute Gasteiger partial charge is 0.264 e. The molecule has 0 radical (unpaired) electrons. The highest BCUT2D eigenvalue weighted by molar-refractivity contribution is 7.91. The predicted molar refractivity (Wildman–Crippen MR) is 60.7 cm³/mol. The minimum absolute atomic E-state index is 0.0939. The van der Waals surface area contributed by atoms with E-state index in [0.717, 1.165) is 5.56 Å². The fourth-order valence-corrected chi connectivity index (χ4v) is 2.76. The second-order valence-electron chi connectivity index (χ2n) is 3.39. The summed E-state index contributed by atoms with van der Waals surface area (Å²) in [5.41, 5.74) is 0.779. The molecule has 17 heavy (non-hydrogen) atoms. The number of sulfone groups is 1. The van der Waals surface area contributed by atoms with Crippen LogP contribution in [0.3, 0.4) is 0 Å². The Kier molecular flexibility index (Phi) is 4.26. The lowest BCUT2D eigenvalue weighted by atomic mass is 10.2. The van der Waals surface area contributed by atoms with E-state index < -0.39 is 32.6 Å². The Morgan fingerprint density at radius 3 is 2.41 bits per heavy atom. The van der Waals surface area contributed by atoms with Gasteiger partial charge in [0.15, 0.2) is 9.84 Å². The maximum Gasteiger partial charge on any atom is 0.397 e. The summed E-state index contributed by atoms with van der Waals surface area (Å²) in [6.45, 7) is 1.13. The van der Waals surface area contributed by atoms with Gasteiger partial charge in [0.05, 0.1) is 17.3 Å². The zero-order valence-electron chi connectivity index (χ0n) is 9.03. The van der Waals surface area contributed by atoms with Crippen molar-refractivity contribution in [2.75, 3.05) is 12.4 Å². The van der Waals surface area contributed by atoms with E-state index in [1.54, 1.807) is 19.1 Å². The maximum absolute atomic E-state index is 11.7. The topological polar surface area (TPSA) is 97.7 Å². The fourth-order valence-electron chi connectivity index (χ4n) is 1.18. The number of hydrogen-bond donors (Lipinski definition) is 1. The average molecular weight is 280 g/mol. The molecular weight excluding hydrogens is 268 g/mol. The van der Waals surface area contributed by atoms with Crippen molar-refractivity contribution in [1.29, 1.82) is 0 Å². The van der Waals surface area contributed by atoms with Crippen molar-refractivity contribution in [3.05, 3.63) is 29.8 Å². The van der Waals surface area contributed by atoms with Crippen molar-refractivity contribution in [1.82, 2.24) is 0 Å². The van der Waals surface area contributed by atoms with E-state index in [2.05, 4.69) is 4.18 Å². The van der Waals surface area contributed by atoms with Gasteiger partial charge in [-0.2, -0.15) is 8.42 Å². The Morgan fingerprint density at radius 1 is 1.24 bits per heavy atom. The van der Waals surface area contributed by atoms with Gasteiger partial charge in [-0.1, -0.05) is 12.1 Å². The summed E-state index contributed by atoms with van der Waals surface area (Å²) in [7, 11) is -8.21. The van der Waals surface area contributed by atoms with E-state index in [4.69, 9.17) is 4.55 Å². The summed E-state index contributed by atoms with van der Waals surface area (Å²) in [4.78, 5) is 0.0939. The first-order valence-electron chi connectivity index (χ1n) is 4.62. The first-order valence-corrected chi connectivity index (χ1v) is 7.64. The van der Waals surface area contributed by atoms with Crippen LogP contribution in [-0.2, 0) is 24.4 Å². The molecule has 6 nitrogen and oxygen atoms in total. The lowest BCUT2D eigenvalue weighted by Crippen LogP contribution is -2.15. The molecule has 1 rings (SSSR count). The van der Waals surface area contributed by atoms with Crippen LogP contribution in [0.15, 0.2) is 29.2 Å². The number of rotatable bonds is 5. The van der Waals surface area contributed by atoms with Gasteiger partial charge in [0, 0.05) is 0 Å². The van der Waals surface area contributed by atoms with Crippen molar-refractivity contribution < 1.29 is 25.6 Å². The van der Waals surface area contributed by atoms with E-state index in [1.165, 1.54) is 12.1 Å². The molecule has 8 heteroatoms. The van der Waals surface area contributed by atoms with E-state index >= 15 is 0 Å². The highest BCUT2D eigenvalue weighted by atomic mass is 32.3. The van der Waals surface area contributed by atoms with Gasteiger partial charge in [-0.25, -0.2) is 12.6 Å². The number of benzene rings is 1. The van der Waals surface area contributed by atoms with E-state index in [-0.39, 0.29) is 4.90 Å². The molecule has 0 bridgehead atoms. The molecule has 0 spiro atoms. The van der Waals surface area contributed by atoms with Crippen LogP contribution < -0.4 is 0 Å². The van der Waals surface area contributed by atoms with Crippen LogP contribution in [0.5, 0.6) is 0 Å². The van der Waals surface area contributed by atoms with Gasteiger partial charge >= 0.3 is 10.4 Å². The Labute approximate surface area is 100 Å². The largest absolute Gasteiger partial charge is 0.397 e. The highest BCUT2D eigenvalue weighted by Crippen LogP contribution is 2.12. The summed E-state index contributed by atoms with van der Waals surface area (Å²) in [5, 5.41) is 0. The van der Waals surface area contributed by atoms with Crippen LogP contribution in [0.25, 0.3) is 0 Å². The van der Waals surface area contributed by atoms with Gasteiger partial charge in [-0.3, -0.25) is 4.55 Å². The molecule has 0 fully saturated rings. The molecule has 96 valence electrons. The molecule has 0 aromatic heterocycles. The van der Waals surface area contributed by atoms with E-state index in [9.17, 15) is 16.8 Å².